The summed E-state index contributed by atoms with van der Waals surface area (Å²) in [5.74, 6) is 0.764. The summed E-state index contributed by atoms with van der Waals surface area (Å²) in [5, 5.41) is 10.8. The van der Waals surface area contributed by atoms with Crippen LogP contribution in [0.4, 0.5) is 0 Å². The molecular formula is C30H24N6. The van der Waals surface area contributed by atoms with Gasteiger partial charge in [-0.25, -0.2) is 0 Å². The molecule has 6 heteroatoms. The van der Waals surface area contributed by atoms with Crippen LogP contribution in [0.2, 0.25) is 0 Å². The van der Waals surface area contributed by atoms with Crippen LogP contribution in [0, 0.1) is 0 Å². The molecule has 0 atom stereocenters. The van der Waals surface area contributed by atoms with Crippen LogP contribution in [0.15, 0.2) is 91.5 Å². The first kappa shape index (κ1) is 20.8. The molecule has 0 saturated heterocycles. The molecule has 0 amide bonds. The maximum Gasteiger partial charge on any atom is 0.241 e. The summed E-state index contributed by atoms with van der Waals surface area (Å²) in [6, 6.07) is 25.5. The lowest BCUT2D eigenvalue weighted by Gasteiger charge is -2.19. The fourth-order valence-corrected chi connectivity index (χ4v) is 4.99. The van der Waals surface area contributed by atoms with Crippen LogP contribution < -0.4 is 0 Å². The Morgan fingerprint density at radius 2 is 1.56 bits per heavy atom. The number of hydrogen-bond acceptors (Lipinski definition) is 4. The molecule has 4 aromatic heterocycles. The van der Waals surface area contributed by atoms with Crippen molar-refractivity contribution in [2.45, 2.75) is 26.2 Å². The van der Waals surface area contributed by atoms with Gasteiger partial charge in [-0.2, -0.15) is 0 Å². The Bertz CT molecular complexity index is 1920. The van der Waals surface area contributed by atoms with Gasteiger partial charge in [-0.3, -0.25) is 18.9 Å². The van der Waals surface area contributed by atoms with E-state index in [1.54, 1.807) is 6.33 Å². The minimum Gasteiger partial charge on any atom is -0.276 e. The monoisotopic (exact) mass is 468 g/mol. The number of aromatic nitrogens is 6. The van der Waals surface area contributed by atoms with Gasteiger partial charge in [0.2, 0.25) is 5.78 Å². The van der Waals surface area contributed by atoms with Crippen molar-refractivity contribution in [3.63, 3.8) is 0 Å². The fraction of sp³-hybridized carbons (Fsp3) is 0.133. The van der Waals surface area contributed by atoms with E-state index in [4.69, 9.17) is 4.98 Å². The van der Waals surface area contributed by atoms with E-state index < -0.39 is 0 Å². The molecule has 0 N–H and O–H groups in total. The molecule has 0 unspecified atom stereocenters. The number of rotatable bonds is 2. The van der Waals surface area contributed by atoms with Crippen molar-refractivity contribution < 1.29 is 0 Å². The lowest BCUT2D eigenvalue weighted by atomic mass is 9.87. The lowest BCUT2D eigenvalue weighted by Crippen LogP contribution is -2.10. The van der Waals surface area contributed by atoms with Crippen molar-refractivity contribution in [3.05, 3.63) is 97.1 Å². The Labute approximate surface area is 207 Å². The molecule has 7 aromatic rings. The van der Waals surface area contributed by atoms with Crippen molar-refractivity contribution in [2.75, 3.05) is 0 Å². The van der Waals surface area contributed by atoms with Crippen LogP contribution in [-0.2, 0) is 5.41 Å². The molecule has 0 spiro atoms. The van der Waals surface area contributed by atoms with E-state index in [-0.39, 0.29) is 5.41 Å². The van der Waals surface area contributed by atoms with Gasteiger partial charge in [-0.15, -0.1) is 10.2 Å². The minimum atomic E-state index is 0.0842. The molecule has 36 heavy (non-hydrogen) atoms. The Kier molecular flexibility index (Phi) is 4.30. The fourth-order valence-electron chi connectivity index (χ4n) is 4.99. The van der Waals surface area contributed by atoms with Gasteiger partial charge in [-0.05, 0) is 52.9 Å². The van der Waals surface area contributed by atoms with Crippen molar-refractivity contribution in [1.82, 2.24) is 29.1 Å². The van der Waals surface area contributed by atoms with Crippen LogP contribution >= 0.6 is 0 Å². The standard InChI is InChI=1S/C30H24N6/c1-30(2,3)22-9-11-23(12-10-22)36-28-24-15-19(21-14-20-6-4-5-7-25(20)31-16-21)8-13-26(24)32-17-27(28)35-18-33-34-29(35)36/h4-18H,1-3H3. The molecule has 7 rings (SSSR count). The second kappa shape index (κ2) is 7.46. The van der Waals surface area contributed by atoms with E-state index in [1.165, 1.54) is 5.56 Å². The molecule has 0 aliphatic carbocycles. The Balaban J connectivity index is 1.50. The predicted octanol–water partition coefficient (Wildman–Crippen LogP) is 6.73. The molecule has 3 aromatic carbocycles. The van der Waals surface area contributed by atoms with Crippen LogP contribution in [0.3, 0.4) is 0 Å². The maximum atomic E-state index is 4.77. The summed E-state index contributed by atoms with van der Waals surface area (Å²) in [7, 11) is 0. The summed E-state index contributed by atoms with van der Waals surface area (Å²) in [6.45, 7) is 6.68. The Hall–Kier alpha value is -4.58. The van der Waals surface area contributed by atoms with Gasteiger partial charge in [0.15, 0.2) is 0 Å². The van der Waals surface area contributed by atoms with Crippen molar-refractivity contribution in [3.8, 4) is 16.8 Å². The number of hydrogen-bond donors (Lipinski definition) is 0. The van der Waals surface area contributed by atoms with Gasteiger partial charge in [-0.1, -0.05) is 57.2 Å². The molecule has 0 saturated carbocycles. The Morgan fingerprint density at radius 1 is 0.750 bits per heavy atom. The van der Waals surface area contributed by atoms with Crippen LogP contribution in [0.5, 0.6) is 0 Å². The number of fused-ring (bicyclic) bond motifs is 6. The van der Waals surface area contributed by atoms with Gasteiger partial charge in [0.05, 0.1) is 28.3 Å². The number of benzene rings is 3. The highest BCUT2D eigenvalue weighted by Crippen LogP contribution is 2.33. The van der Waals surface area contributed by atoms with E-state index in [1.807, 2.05) is 35.0 Å². The largest absolute Gasteiger partial charge is 0.276 e. The number of imidazole rings is 1. The third kappa shape index (κ3) is 3.11. The first-order valence-corrected chi connectivity index (χ1v) is 12.1. The molecule has 6 nitrogen and oxygen atoms in total. The zero-order valence-corrected chi connectivity index (χ0v) is 20.3. The molecular weight excluding hydrogens is 444 g/mol. The van der Waals surface area contributed by atoms with Crippen LogP contribution in [0.1, 0.15) is 26.3 Å². The third-order valence-electron chi connectivity index (χ3n) is 6.95. The van der Waals surface area contributed by atoms with Gasteiger partial charge in [0.1, 0.15) is 6.33 Å². The first-order chi connectivity index (χ1) is 17.5. The zero-order valence-electron chi connectivity index (χ0n) is 20.3. The second-order valence-electron chi connectivity index (χ2n) is 10.3. The molecule has 4 heterocycles. The molecule has 0 radical (unpaired) electrons. The third-order valence-corrected chi connectivity index (χ3v) is 6.95. The number of nitrogens with zero attached hydrogens (tertiary/aromatic N) is 6. The van der Waals surface area contributed by atoms with Crippen molar-refractivity contribution in [1.29, 1.82) is 0 Å². The van der Waals surface area contributed by atoms with Gasteiger partial charge in [0, 0.05) is 28.2 Å². The quantitative estimate of drug-likeness (QED) is 0.282. The highest BCUT2D eigenvalue weighted by molar-refractivity contribution is 6.06. The van der Waals surface area contributed by atoms with E-state index in [0.29, 0.717) is 0 Å². The highest BCUT2D eigenvalue weighted by atomic mass is 15.3. The highest BCUT2D eigenvalue weighted by Gasteiger charge is 2.19. The van der Waals surface area contributed by atoms with E-state index in [9.17, 15) is 0 Å². The summed E-state index contributed by atoms with van der Waals surface area (Å²) < 4.78 is 4.19. The summed E-state index contributed by atoms with van der Waals surface area (Å²) in [5.41, 5.74) is 8.54. The zero-order chi connectivity index (χ0) is 24.4. The molecule has 0 fully saturated rings. The Morgan fingerprint density at radius 3 is 2.39 bits per heavy atom. The normalized spacial score (nSPS) is 12.3. The van der Waals surface area contributed by atoms with Gasteiger partial charge in [0.25, 0.3) is 0 Å². The average Bonchev–Trinajstić information content (AvgIpc) is 3.49. The SMILES string of the molecule is CC(C)(C)c1ccc(-n2c3c4cc(-c5cnc6ccccc6c5)ccc4ncc3n3cnnc23)cc1. The van der Waals surface area contributed by atoms with Gasteiger partial charge >= 0.3 is 0 Å². The molecule has 0 aliphatic heterocycles. The number of para-hydroxylation sites is 1. The minimum absolute atomic E-state index is 0.0842. The molecule has 0 aliphatic rings. The summed E-state index contributed by atoms with van der Waals surface area (Å²) in [6.07, 6.45) is 5.60. The molecule has 174 valence electrons. The topological polar surface area (TPSA) is 60.9 Å². The lowest BCUT2D eigenvalue weighted by molar-refractivity contribution is 0.590. The maximum absolute atomic E-state index is 4.77. The average molecular weight is 469 g/mol. The van der Waals surface area contributed by atoms with Crippen LogP contribution in [-0.4, -0.2) is 29.1 Å². The molecule has 0 bridgehead atoms. The van der Waals surface area contributed by atoms with E-state index in [0.717, 1.165) is 55.4 Å². The van der Waals surface area contributed by atoms with E-state index in [2.05, 4.69) is 95.1 Å². The smallest absolute Gasteiger partial charge is 0.241 e. The summed E-state index contributed by atoms with van der Waals surface area (Å²) >= 11 is 0. The van der Waals surface area contributed by atoms with Crippen molar-refractivity contribution >= 4 is 38.6 Å². The van der Waals surface area contributed by atoms with Crippen LogP contribution in [0.25, 0.3) is 55.4 Å². The first-order valence-electron chi connectivity index (χ1n) is 12.1. The predicted molar refractivity (Wildman–Crippen MR) is 145 cm³/mol. The van der Waals surface area contributed by atoms with E-state index >= 15 is 0 Å². The number of pyridine rings is 2. The van der Waals surface area contributed by atoms with Crippen molar-refractivity contribution in [2.24, 2.45) is 0 Å². The second-order valence-corrected chi connectivity index (χ2v) is 10.3. The summed E-state index contributed by atoms with van der Waals surface area (Å²) in [4.78, 5) is 9.45. The van der Waals surface area contributed by atoms with Gasteiger partial charge < -0.3 is 0 Å².